The van der Waals surface area contributed by atoms with Gasteiger partial charge >= 0.3 is 0 Å². The second-order valence-electron chi connectivity index (χ2n) is 2.49. The van der Waals surface area contributed by atoms with E-state index in [1.54, 1.807) is 14.0 Å². The van der Waals surface area contributed by atoms with Crippen LogP contribution in [0.15, 0.2) is 12.2 Å². The molecular formula is C8H15O2Si. The van der Waals surface area contributed by atoms with Gasteiger partial charge in [-0.2, -0.15) is 0 Å². The van der Waals surface area contributed by atoms with Crippen molar-refractivity contribution in [1.29, 1.82) is 0 Å². The molecule has 0 aliphatic heterocycles. The molecule has 0 amide bonds. The van der Waals surface area contributed by atoms with E-state index < -0.39 is 9.04 Å². The van der Waals surface area contributed by atoms with Gasteiger partial charge in [0, 0.05) is 7.11 Å². The molecule has 0 heterocycles. The molecule has 0 saturated carbocycles. The monoisotopic (exact) mass is 171 g/mol. The van der Waals surface area contributed by atoms with Gasteiger partial charge in [-0.05, 0) is 18.5 Å². The third-order valence-electron chi connectivity index (χ3n) is 1.36. The highest BCUT2D eigenvalue weighted by Crippen LogP contribution is 2.03. The average molecular weight is 171 g/mol. The van der Waals surface area contributed by atoms with Gasteiger partial charge in [0.25, 0.3) is 9.04 Å². The predicted molar refractivity (Wildman–Crippen MR) is 47.7 cm³/mol. The Morgan fingerprint density at radius 1 is 1.64 bits per heavy atom. The summed E-state index contributed by atoms with van der Waals surface area (Å²) in [5, 5.41) is 0.124. The maximum absolute atomic E-state index is 11.3. The Bertz CT molecular complexity index is 154. The molecule has 0 bridgehead atoms. The summed E-state index contributed by atoms with van der Waals surface area (Å²) in [6.07, 6.45) is 1.00. The smallest absolute Gasteiger partial charge is 0.295 e. The molecule has 1 radical (unpaired) electrons. The Kier molecular flexibility index (Phi) is 5.07. The molecule has 2 nitrogen and oxygen atoms in total. The number of allylic oxidation sites excluding steroid dienone is 1. The van der Waals surface area contributed by atoms with Crippen molar-refractivity contribution < 1.29 is 9.22 Å². The quantitative estimate of drug-likeness (QED) is 0.465. The third-order valence-corrected chi connectivity index (χ3v) is 3.74. The summed E-state index contributed by atoms with van der Waals surface area (Å²) < 4.78 is 5.11. The molecule has 0 atom stereocenters. The van der Waals surface area contributed by atoms with Crippen molar-refractivity contribution in [2.24, 2.45) is 0 Å². The number of rotatable bonds is 5. The van der Waals surface area contributed by atoms with Gasteiger partial charge in [0.15, 0.2) is 5.41 Å². The molecular weight excluding hydrogens is 156 g/mol. The first-order chi connectivity index (χ1) is 5.13. The molecule has 0 saturated heterocycles. The van der Waals surface area contributed by atoms with Crippen LogP contribution in [0.2, 0.25) is 6.04 Å². The van der Waals surface area contributed by atoms with Gasteiger partial charge in [0.2, 0.25) is 0 Å². The maximum atomic E-state index is 11.3. The molecule has 0 N–H and O–H groups in total. The van der Waals surface area contributed by atoms with E-state index in [9.17, 15) is 4.79 Å². The molecule has 0 spiro atoms. The van der Waals surface area contributed by atoms with E-state index in [4.69, 9.17) is 4.43 Å². The van der Waals surface area contributed by atoms with Crippen LogP contribution in [0.5, 0.6) is 0 Å². The van der Waals surface area contributed by atoms with Crippen LogP contribution in [0.1, 0.15) is 20.3 Å². The summed E-state index contributed by atoms with van der Waals surface area (Å²) in [6, 6.07) is 0.882. The fraction of sp³-hybridized carbons (Fsp3) is 0.625. The molecule has 3 heteroatoms. The van der Waals surface area contributed by atoms with Crippen LogP contribution >= 0.6 is 0 Å². The van der Waals surface area contributed by atoms with Crippen molar-refractivity contribution in [1.82, 2.24) is 0 Å². The largest absolute Gasteiger partial charge is 0.412 e. The molecule has 0 aliphatic rings. The van der Waals surface area contributed by atoms with Gasteiger partial charge in [-0.1, -0.05) is 19.9 Å². The Labute approximate surface area is 70.0 Å². The molecule has 0 rings (SSSR count). The van der Waals surface area contributed by atoms with Crippen LogP contribution in [-0.4, -0.2) is 21.6 Å². The minimum absolute atomic E-state index is 0.124. The summed E-state index contributed by atoms with van der Waals surface area (Å²) >= 11 is 0. The predicted octanol–water partition coefficient (Wildman–Crippen LogP) is 1.72. The van der Waals surface area contributed by atoms with E-state index in [-0.39, 0.29) is 5.41 Å². The van der Waals surface area contributed by atoms with Crippen LogP contribution in [0.3, 0.4) is 0 Å². The van der Waals surface area contributed by atoms with Gasteiger partial charge < -0.3 is 4.43 Å². The zero-order chi connectivity index (χ0) is 8.85. The van der Waals surface area contributed by atoms with E-state index in [0.29, 0.717) is 5.57 Å². The minimum Gasteiger partial charge on any atom is -0.412 e. The Morgan fingerprint density at radius 3 is 2.45 bits per heavy atom. The highest BCUT2D eigenvalue weighted by atomic mass is 28.3. The average Bonchev–Trinajstić information content (AvgIpc) is 1.98. The number of hydrogen-bond donors (Lipinski definition) is 0. The van der Waals surface area contributed by atoms with E-state index >= 15 is 0 Å². The second kappa shape index (κ2) is 5.27. The molecule has 0 aromatic heterocycles. The normalized spacial score (nSPS) is 10.2. The lowest BCUT2D eigenvalue weighted by Gasteiger charge is -2.08. The topological polar surface area (TPSA) is 26.3 Å². The van der Waals surface area contributed by atoms with Crippen molar-refractivity contribution >= 4 is 14.4 Å². The zero-order valence-electron chi connectivity index (χ0n) is 7.44. The first-order valence-corrected chi connectivity index (χ1v) is 5.35. The van der Waals surface area contributed by atoms with E-state index in [0.717, 1.165) is 12.5 Å². The summed E-state index contributed by atoms with van der Waals surface area (Å²) in [4.78, 5) is 11.3. The number of carbonyl (C=O) groups excluding carboxylic acids is 1. The lowest BCUT2D eigenvalue weighted by molar-refractivity contribution is -0.110. The fourth-order valence-electron chi connectivity index (χ4n) is 0.773. The molecule has 11 heavy (non-hydrogen) atoms. The summed E-state index contributed by atoms with van der Waals surface area (Å²) in [5.41, 5.74) is 0.620. The van der Waals surface area contributed by atoms with Crippen molar-refractivity contribution in [3.8, 4) is 0 Å². The summed E-state index contributed by atoms with van der Waals surface area (Å²) in [6.45, 7) is 7.39. The van der Waals surface area contributed by atoms with Crippen molar-refractivity contribution in [2.45, 2.75) is 26.3 Å². The highest BCUT2D eigenvalue weighted by Gasteiger charge is 2.20. The van der Waals surface area contributed by atoms with Gasteiger partial charge in [-0.15, -0.1) is 0 Å². The van der Waals surface area contributed by atoms with Crippen LogP contribution < -0.4 is 0 Å². The first-order valence-electron chi connectivity index (χ1n) is 3.73. The zero-order valence-corrected chi connectivity index (χ0v) is 8.44. The summed E-state index contributed by atoms with van der Waals surface area (Å²) in [5.74, 6) is 0. The van der Waals surface area contributed by atoms with Crippen LogP contribution in [0.4, 0.5) is 0 Å². The first kappa shape index (κ1) is 10.6. The van der Waals surface area contributed by atoms with Crippen molar-refractivity contribution in [2.75, 3.05) is 7.11 Å². The maximum Gasteiger partial charge on any atom is 0.295 e. The molecule has 0 aliphatic carbocycles. The standard InChI is InChI=1S/C8H15O2Si/c1-5-6-11(10-4)8(9)7(2)3/h2,5-6H2,1,3-4H3. The van der Waals surface area contributed by atoms with Crippen molar-refractivity contribution in [3.05, 3.63) is 12.2 Å². The van der Waals surface area contributed by atoms with Crippen LogP contribution in [0.25, 0.3) is 0 Å². The van der Waals surface area contributed by atoms with E-state index in [1.165, 1.54) is 0 Å². The molecule has 63 valence electrons. The lowest BCUT2D eigenvalue weighted by Crippen LogP contribution is -2.28. The second-order valence-corrected chi connectivity index (χ2v) is 4.70. The lowest BCUT2D eigenvalue weighted by atomic mass is 10.4. The Hall–Kier alpha value is -0.413. The van der Waals surface area contributed by atoms with E-state index in [1.807, 2.05) is 0 Å². The Balaban J connectivity index is 4.02. The minimum atomic E-state index is -1.25. The molecule has 0 aromatic rings. The molecule has 0 aromatic carbocycles. The van der Waals surface area contributed by atoms with E-state index in [2.05, 4.69) is 13.5 Å². The summed E-state index contributed by atoms with van der Waals surface area (Å²) in [7, 11) is 0.351. The van der Waals surface area contributed by atoms with Crippen molar-refractivity contribution in [3.63, 3.8) is 0 Å². The van der Waals surface area contributed by atoms with Crippen LogP contribution in [-0.2, 0) is 9.22 Å². The SMILES string of the molecule is C=C(C)C(=O)[Si](CCC)OC. The van der Waals surface area contributed by atoms with Gasteiger partial charge in [0.1, 0.15) is 0 Å². The number of hydrogen-bond acceptors (Lipinski definition) is 2. The Morgan fingerprint density at radius 2 is 2.18 bits per heavy atom. The number of carbonyl (C=O) groups is 1. The van der Waals surface area contributed by atoms with Crippen LogP contribution in [0, 0.1) is 0 Å². The van der Waals surface area contributed by atoms with Gasteiger partial charge in [-0.25, -0.2) is 0 Å². The van der Waals surface area contributed by atoms with Gasteiger partial charge in [-0.3, -0.25) is 4.79 Å². The fourth-order valence-corrected chi connectivity index (χ4v) is 2.32. The third kappa shape index (κ3) is 3.48. The molecule has 0 fully saturated rings. The molecule has 0 unspecified atom stereocenters. The highest BCUT2D eigenvalue weighted by molar-refractivity contribution is 6.88. The van der Waals surface area contributed by atoms with Gasteiger partial charge in [0.05, 0.1) is 0 Å².